The minimum Gasteiger partial charge on any atom is -0.309 e. The molecular formula is C12H23N3. The first kappa shape index (κ1) is 12.5. The van der Waals surface area contributed by atoms with Crippen molar-refractivity contribution in [3.8, 4) is 6.07 Å². The van der Waals surface area contributed by atoms with Crippen molar-refractivity contribution in [2.75, 3.05) is 13.1 Å². The SMILES string of the molecule is CC1(C)CN(C(C)(C)C)C(CC#N)CN1. The Morgan fingerprint density at radius 3 is 2.53 bits per heavy atom. The molecule has 1 N–H and O–H groups in total. The van der Waals surface area contributed by atoms with Crippen LogP contribution in [0.2, 0.25) is 0 Å². The highest BCUT2D eigenvalue weighted by Crippen LogP contribution is 2.25. The van der Waals surface area contributed by atoms with Crippen LogP contribution in [-0.4, -0.2) is 35.1 Å². The lowest BCUT2D eigenvalue weighted by atomic mass is 9.92. The molecule has 3 nitrogen and oxygen atoms in total. The number of hydrogen-bond acceptors (Lipinski definition) is 3. The van der Waals surface area contributed by atoms with Crippen molar-refractivity contribution in [3.05, 3.63) is 0 Å². The largest absolute Gasteiger partial charge is 0.309 e. The van der Waals surface area contributed by atoms with Crippen LogP contribution in [0.4, 0.5) is 0 Å². The molecular weight excluding hydrogens is 186 g/mol. The average Bonchev–Trinajstić information content (AvgIpc) is 2.06. The fraction of sp³-hybridized carbons (Fsp3) is 0.917. The summed E-state index contributed by atoms with van der Waals surface area (Å²) in [6.45, 7) is 13.0. The molecule has 1 atom stereocenters. The van der Waals surface area contributed by atoms with E-state index in [1.165, 1.54) is 0 Å². The van der Waals surface area contributed by atoms with E-state index in [1.807, 2.05) is 0 Å². The van der Waals surface area contributed by atoms with E-state index in [4.69, 9.17) is 5.26 Å². The lowest BCUT2D eigenvalue weighted by Gasteiger charge is -2.50. The van der Waals surface area contributed by atoms with Crippen molar-refractivity contribution in [1.82, 2.24) is 10.2 Å². The summed E-state index contributed by atoms with van der Waals surface area (Å²) in [4.78, 5) is 2.45. The van der Waals surface area contributed by atoms with Crippen LogP contribution < -0.4 is 5.32 Å². The van der Waals surface area contributed by atoms with Gasteiger partial charge in [0, 0.05) is 30.2 Å². The standard InChI is InChI=1S/C12H23N3/c1-11(2,3)15-9-12(4,5)14-8-10(15)6-7-13/h10,14H,6,8-9H2,1-5H3. The summed E-state index contributed by atoms with van der Waals surface area (Å²) >= 11 is 0. The first-order valence-corrected chi connectivity index (χ1v) is 5.65. The third kappa shape index (κ3) is 3.19. The van der Waals surface area contributed by atoms with E-state index in [0.29, 0.717) is 12.5 Å². The normalized spacial score (nSPS) is 27.3. The predicted octanol–water partition coefficient (Wildman–Crippen LogP) is 1.75. The quantitative estimate of drug-likeness (QED) is 0.715. The van der Waals surface area contributed by atoms with Gasteiger partial charge in [-0.25, -0.2) is 0 Å². The van der Waals surface area contributed by atoms with Gasteiger partial charge < -0.3 is 5.32 Å². The Labute approximate surface area is 93.5 Å². The van der Waals surface area contributed by atoms with Crippen molar-refractivity contribution < 1.29 is 0 Å². The van der Waals surface area contributed by atoms with E-state index in [0.717, 1.165) is 13.1 Å². The second-order valence-electron chi connectivity index (χ2n) is 6.08. The maximum Gasteiger partial charge on any atom is 0.0638 e. The van der Waals surface area contributed by atoms with Crippen LogP contribution in [0.25, 0.3) is 0 Å². The lowest BCUT2D eigenvalue weighted by Crippen LogP contribution is -2.65. The topological polar surface area (TPSA) is 39.1 Å². The molecule has 0 amide bonds. The van der Waals surface area contributed by atoms with Gasteiger partial charge >= 0.3 is 0 Å². The van der Waals surface area contributed by atoms with Gasteiger partial charge in [-0.3, -0.25) is 4.90 Å². The third-order valence-corrected chi connectivity index (χ3v) is 3.01. The molecule has 1 saturated heterocycles. The van der Waals surface area contributed by atoms with Crippen LogP contribution >= 0.6 is 0 Å². The summed E-state index contributed by atoms with van der Waals surface area (Å²) in [5, 5.41) is 12.3. The molecule has 0 saturated carbocycles. The van der Waals surface area contributed by atoms with Crippen molar-refractivity contribution in [3.63, 3.8) is 0 Å². The number of piperazine rings is 1. The zero-order chi connectivity index (χ0) is 11.7. The first-order chi connectivity index (χ1) is 6.76. The van der Waals surface area contributed by atoms with Crippen LogP contribution in [0.3, 0.4) is 0 Å². The molecule has 0 aromatic heterocycles. The molecule has 0 aromatic rings. The molecule has 1 aliphatic heterocycles. The molecule has 0 aliphatic carbocycles. The third-order valence-electron chi connectivity index (χ3n) is 3.01. The van der Waals surface area contributed by atoms with E-state index in [2.05, 4.69) is 50.9 Å². The van der Waals surface area contributed by atoms with Crippen LogP contribution in [0.1, 0.15) is 41.0 Å². The number of rotatable bonds is 1. The summed E-state index contributed by atoms with van der Waals surface area (Å²) in [5.74, 6) is 0. The van der Waals surface area contributed by atoms with Crippen LogP contribution in [-0.2, 0) is 0 Å². The maximum absolute atomic E-state index is 8.83. The minimum atomic E-state index is 0.140. The van der Waals surface area contributed by atoms with Gasteiger partial charge in [0.1, 0.15) is 0 Å². The minimum absolute atomic E-state index is 0.140. The number of nitrogens with zero attached hydrogens (tertiary/aromatic N) is 2. The van der Waals surface area contributed by atoms with Gasteiger partial charge in [0.2, 0.25) is 0 Å². The predicted molar refractivity (Wildman–Crippen MR) is 62.6 cm³/mol. The van der Waals surface area contributed by atoms with E-state index >= 15 is 0 Å². The fourth-order valence-electron chi connectivity index (χ4n) is 2.19. The number of nitriles is 1. The average molecular weight is 209 g/mol. The molecule has 1 rings (SSSR count). The zero-order valence-electron chi connectivity index (χ0n) is 10.6. The smallest absolute Gasteiger partial charge is 0.0638 e. The zero-order valence-corrected chi connectivity index (χ0v) is 10.6. The van der Waals surface area contributed by atoms with Crippen LogP contribution in [0.15, 0.2) is 0 Å². The summed E-state index contributed by atoms with van der Waals surface area (Å²) in [7, 11) is 0. The highest BCUT2D eigenvalue weighted by Gasteiger charge is 2.37. The van der Waals surface area contributed by atoms with Crippen LogP contribution in [0.5, 0.6) is 0 Å². The molecule has 1 aliphatic rings. The highest BCUT2D eigenvalue weighted by atomic mass is 15.3. The van der Waals surface area contributed by atoms with Crippen molar-refractivity contribution in [1.29, 1.82) is 5.26 Å². The molecule has 1 unspecified atom stereocenters. The van der Waals surface area contributed by atoms with Gasteiger partial charge in [-0.1, -0.05) is 0 Å². The number of nitrogens with one attached hydrogen (secondary N) is 1. The molecule has 0 aromatic carbocycles. The van der Waals surface area contributed by atoms with Crippen molar-refractivity contribution in [2.24, 2.45) is 0 Å². The van der Waals surface area contributed by atoms with E-state index in [1.54, 1.807) is 0 Å². The lowest BCUT2D eigenvalue weighted by molar-refractivity contribution is 0.0208. The Kier molecular flexibility index (Phi) is 3.42. The highest BCUT2D eigenvalue weighted by molar-refractivity contribution is 4.99. The Bertz CT molecular complexity index is 257. The summed E-state index contributed by atoms with van der Waals surface area (Å²) in [6, 6.07) is 2.64. The Balaban J connectivity index is 2.79. The maximum atomic E-state index is 8.83. The van der Waals surface area contributed by atoms with E-state index < -0.39 is 0 Å². The van der Waals surface area contributed by atoms with E-state index in [-0.39, 0.29) is 11.1 Å². The van der Waals surface area contributed by atoms with Gasteiger partial charge in [-0.15, -0.1) is 0 Å². The Morgan fingerprint density at radius 1 is 1.47 bits per heavy atom. The van der Waals surface area contributed by atoms with Crippen molar-refractivity contribution in [2.45, 2.75) is 58.2 Å². The molecule has 86 valence electrons. The molecule has 0 bridgehead atoms. The number of hydrogen-bond donors (Lipinski definition) is 1. The molecule has 0 radical (unpaired) electrons. The Morgan fingerprint density at radius 2 is 2.07 bits per heavy atom. The molecule has 0 spiro atoms. The molecule has 15 heavy (non-hydrogen) atoms. The molecule has 3 heteroatoms. The van der Waals surface area contributed by atoms with Gasteiger partial charge in [-0.2, -0.15) is 5.26 Å². The fourth-order valence-corrected chi connectivity index (χ4v) is 2.19. The van der Waals surface area contributed by atoms with Gasteiger partial charge in [0.25, 0.3) is 0 Å². The first-order valence-electron chi connectivity index (χ1n) is 5.65. The second-order valence-corrected chi connectivity index (χ2v) is 6.08. The van der Waals surface area contributed by atoms with Crippen LogP contribution in [0, 0.1) is 11.3 Å². The molecule has 1 fully saturated rings. The van der Waals surface area contributed by atoms with Crippen molar-refractivity contribution >= 4 is 0 Å². The Hall–Kier alpha value is -0.590. The van der Waals surface area contributed by atoms with Gasteiger partial charge in [-0.05, 0) is 34.6 Å². The molecule has 1 heterocycles. The summed E-state index contributed by atoms with van der Waals surface area (Å²) in [5.41, 5.74) is 0.292. The summed E-state index contributed by atoms with van der Waals surface area (Å²) < 4.78 is 0. The second kappa shape index (κ2) is 4.11. The summed E-state index contributed by atoms with van der Waals surface area (Å²) in [6.07, 6.45) is 0.611. The van der Waals surface area contributed by atoms with Gasteiger partial charge in [0.15, 0.2) is 0 Å². The van der Waals surface area contributed by atoms with E-state index in [9.17, 15) is 0 Å². The van der Waals surface area contributed by atoms with Gasteiger partial charge in [0.05, 0.1) is 12.5 Å². The monoisotopic (exact) mass is 209 g/mol.